The number of hydrogen-bond donors (Lipinski definition) is 3. The Hall–Kier alpha value is -1.80. The van der Waals surface area contributed by atoms with Crippen molar-refractivity contribution in [2.45, 2.75) is 199 Å². The summed E-state index contributed by atoms with van der Waals surface area (Å²) in [6.07, 6.45) is 51.5. The van der Waals surface area contributed by atoms with E-state index in [2.05, 4.69) is 67.8 Å². The molecule has 57 heavy (non-hydrogen) atoms. The Morgan fingerprint density at radius 2 is 1.02 bits per heavy atom. The molecule has 0 radical (unpaired) electrons. The molecule has 9 heteroatoms. The second-order valence-corrected chi connectivity index (χ2v) is 18.2. The van der Waals surface area contributed by atoms with Gasteiger partial charge in [0.1, 0.15) is 13.2 Å². The molecule has 0 aromatic rings. The van der Waals surface area contributed by atoms with Gasteiger partial charge in [0, 0.05) is 6.42 Å². The highest BCUT2D eigenvalue weighted by Crippen LogP contribution is 2.43. The van der Waals surface area contributed by atoms with E-state index in [1.165, 1.54) is 116 Å². The number of aliphatic hydroxyl groups excluding tert-OH is 1. The van der Waals surface area contributed by atoms with E-state index in [4.69, 9.17) is 9.05 Å². The minimum Gasteiger partial charge on any atom is -0.387 e. The highest BCUT2D eigenvalue weighted by atomic mass is 31.2. The monoisotopic (exact) mass is 822 g/mol. The van der Waals surface area contributed by atoms with Crippen molar-refractivity contribution in [3.05, 3.63) is 60.8 Å². The van der Waals surface area contributed by atoms with Crippen LogP contribution in [0.15, 0.2) is 60.8 Å². The topological polar surface area (TPSA) is 105 Å². The molecular weight excluding hydrogens is 732 g/mol. The zero-order valence-electron chi connectivity index (χ0n) is 37.6. The molecule has 3 unspecified atom stereocenters. The lowest BCUT2D eigenvalue weighted by Crippen LogP contribution is -2.45. The predicted molar refractivity (Wildman–Crippen MR) is 244 cm³/mol. The lowest BCUT2D eigenvalue weighted by molar-refractivity contribution is -0.870. The van der Waals surface area contributed by atoms with E-state index in [0.29, 0.717) is 17.4 Å². The SMILES string of the molecule is CCCCCC/C=C/CC/C=C/CC/C=C/C(O)C(COP(=O)(O)OCC[N+](C)(C)C)NC(=O)CCCCCCCCCCC/C=C\C/C=C\CCCCCCC. The molecule has 0 aromatic heterocycles. The fourth-order valence-corrected chi connectivity index (χ4v) is 6.95. The Labute approximate surface area is 351 Å². The van der Waals surface area contributed by atoms with Crippen LogP contribution in [-0.4, -0.2) is 73.4 Å². The molecule has 0 aliphatic heterocycles. The van der Waals surface area contributed by atoms with Gasteiger partial charge in [-0.1, -0.05) is 164 Å². The number of unbranched alkanes of at least 4 members (excludes halogenated alkanes) is 20. The van der Waals surface area contributed by atoms with Crippen molar-refractivity contribution in [2.24, 2.45) is 0 Å². The van der Waals surface area contributed by atoms with Crippen molar-refractivity contribution in [3.8, 4) is 0 Å². The summed E-state index contributed by atoms with van der Waals surface area (Å²) in [5.74, 6) is -0.199. The molecule has 0 saturated heterocycles. The first-order chi connectivity index (χ1) is 27.5. The number of hydrogen-bond acceptors (Lipinski definition) is 5. The maximum atomic E-state index is 12.9. The number of likely N-dealkylation sites (N-methyl/N-ethyl adjacent to an activating group) is 1. The molecule has 0 spiro atoms. The number of quaternary nitrogens is 1. The Bertz CT molecular complexity index is 1110. The number of allylic oxidation sites excluding steroid dienone is 9. The third-order valence-corrected chi connectivity index (χ3v) is 10.9. The van der Waals surface area contributed by atoms with Crippen LogP contribution in [0.4, 0.5) is 0 Å². The first kappa shape index (κ1) is 55.2. The van der Waals surface area contributed by atoms with E-state index in [9.17, 15) is 19.4 Å². The second-order valence-electron chi connectivity index (χ2n) is 16.8. The number of aliphatic hydroxyl groups is 1. The van der Waals surface area contributed by atoms with Crippen LogP contribution in [-0.2, 0) is 18.4 Å². The van der Waals surface area contributed by atoms with E-state index >= 15 is 0 Å². The van der Waals surface area contributed by atoms with E-state index < -0.39 is 20.0 Å². The average Bonchev–Trinajstić information content (AvgIpc) is 3.16. The van der Waals surface area contributed by atoms with Crippen LogP contribution in [0.1, 0.15) is 187 Å². The number of nitrogens with one attached hydrogen (secondary N) is 1. The van der Waals surface area contributed by atoms with Crippen LogP contribution in [0.5, 0.6) is 0 Å². The minimum absolute atomic E-state index is 0.0505. The van der Waals surface area contributed by atoms with Gasteiger partial charge < -0.3 is 19.8 Å². The molecule has 3 N–H and O–H groups in total. The standard InChI is InChI=1S/C48H89N2O6P/c1-6-8-10-12-14-16-18-20-22-23-24-25-26-27-28-30-32-34-36-38-40-42-48(52)49-46(45-56-57(53,54)55-44-43-50(3,4)5)47(51)41-39-37-35-33-31-29-21-19-17-15-13-11-9-7-2/h17-20,23-24,31,33,39,41,46-47,51H,6-16,21-22,25-30,32,34-38,40,42-45H2,1-5H3,(H-,49,52,53,54)/p+1/b19-17+,20-18-,24-23-,33-31+,41-39+. The first-order valence-corrected chi connectivity index (χ1v) is 24.7. The molecular formula is C48H90N2O6P+. The van der Waals surface area contributed by atoms with Gasteiger partial charge in [-0.2, -0.15) is 0 Å². The molecule has 0 rings (SSSR count). The van der Waals surface area contributed by atoms with E-state index in [1.807, 2.05) is 27.2 Å². The number of phosphoric ester groups is 1. The Morgan fingerprint density at radius 3 is 1.53 bits per heavy atom. The van der Waals surface area contributed by atoms with E-state index in [-0.39, 0.29) is 19.1 Å². The molecule has 8 nitrogen and oxygen atoms in total. The predicted octanol–water partition coefficient (Wildman–Crippen LogP) is 13.0. The van der Waals surface area contributed by atoms with Crippen molar-refractivity contribution in [2.75, 3.05) is 40.9 Å². The summed E-state index contributed by atoms with van der Waals surface area (Å²) in [6, 6.07) is -0.872. The van der Waals surface area contributed by atoms with Gasteiger partial charge in [0.05, 0.1) is 39.9 Å². The van der Waals surface area contributed by atoms with Gasteiger partial charge in [0.2, 0.25) is 5.91 Å². The number of carbonyl (C=O) groups is 1. The minimum atomic E-state index is -4.35. The van der Waals surface area contributed by atoms with Gasteiger partial charge in [-0.05, 0) is 77.0 Å². The van der Waals surface area contributed by atoms with Crippen molar-refractivity contribution in [1.29, 1.82) is 0 Å². The maximum Gasteiger partial charge on any atom is 0.472 e. The maximum absolute atomic E-state index is 12.9. The largest absolute Gasteiger partial charge is 0.472 e. The number of amides is 1. The second kappa shape index (κ2) is 39.6. The molecule has 0 bridgehead atoms. The summed E-state index contributed by atoms with van der Waals surface area (Å²) >= 11 is 0. The summed E-state index contributed by atoms with van der Waals surface area (Å²) in [4.78, 5) is 23.1. The summed E-state index contributed by atoms with van der Waals surface area (Å²) < 4.78 is 23.5. The Morgan fingerprint density at radius 1 is 0.596 bits per heavy atom. The van der Waals surface area contributed by atoms with E-state index in [1.54, 1.807) is 6.08 Å². The lowest BCUT2D eigenvalue weighted by Gasteiger charge is -2.25. The van der Waals surface area contributed by atoms with Gasteiger partial charge >= 0.3 is 7.82 Å². The first-order valence-electron chi connectivity index (χ1n) is 23.2. The fraction of sp³-hybridized carbons (Fsp3) is 0.771. The summed E-state index contributed by atoms with van der Waals surface area (Å²) in [6.45, 7) is 4.73. The van der Waals surface area contributed by atoms with Gasteiger partial charge in [-0.25, -0.2) is 4.57 Å². The molecule has 0 aromatic carbocycles. The summed E-state index contributed by atoms with van der Waals surface area (Å²) in [5.41, 5.74) is 0. The molecule has 0 aliphatic carbocycles. The molecule has 0 heterocycles. The number of nitrogens with zero attached hydrogens (tertiary/aromatic N) is 1. The number of rotatable bonds is 41. The van der Waals surface area contributed by atoms with Crippen molar-refractivity contribution >= 4 is 13.7 Å². The highest BCUT2D eigenvalue weighted by molar-refractivity contribution is 7.47. The summed E-state index contributed by atoms with van der Waals surface area (Å²) in [7, 11) is 1.53. The van der Waals surface area contributed by atoms with Crippen molar-refractivity contribution in [1.82, 2.24) is 5.32 Å². The van der Waals surface area contributed by atoms with Gasteiger partial charge in [0.25, 0.3) is 0 Å². The normalized spacial score (nSPS) is 14.9. The number of carbonyl (C=O) groups excluding carboxylic acids is 1. The summed E-state index contributed by atoms with van der Waals surface area (Å²) in [5, 5.41) is 13.8. The van der Waals surface area contributed by atoms with Crippen LogP contribution >= 0.6 is 7.82 Å². The van der Waals surface area contributed by atoms with Crippen LogP contribution < -0.4 is 5.32 Å². The van der Waals surface area contributed by atoms with Gasteiger partial charge in [0.15, 0.2) is 0 Å². The van der Waals surface area contributed by atoms with E-state index in [0.717, 1.165) is 51.4 Å². The van der Waals surface area contributed by atoms with Gasteiger partial charge in [-0.3, -0.25) is 13.8 Å². The van der Waals surface area contributed by atoms with Crippen LogP contribution in [0, 0.1) is 0 Å². The average molecular weight is 822 g/mol. The van der Waals surface area contributed by atoms with Crippen LogP contribution in [0.2, 0.25) is 0 Å². The molecule has 332 valence electrons. The van der Waals surface area contributed by atoms with Crippen LogP contribution in [0.3, 0.4) is 0 Å². The number of phosphoric acid groups is 1. The van der Waals surface area contributed by atoms with Crippen molar-refractivity contribution < 1.29 is 32.9 Å². The molecule has 0 fully saturated rings. The zero-order chi connectivity index (χ0) is 42.1. The Kier molecular flexibility index (Phi) is 38.4. The quantitative estimate of drug-likeness (QED) is 0.0245. The zero-order valence-corrected chi connectivity index (χ0v) is 38.5. The Balaban J connectivity index is 4.42. The third kappa shape index (κ3) is 42.1. The molecule has 0 aliphatic rings. The molecule has 0 saturated carbocycles. The van der Waals surface area contributed by atoms with Crippen LogP contribution in [0.25, 0.3) is 0 Å². The third-order valence-electron chi connectivity index (χ3n) is 9.94. The molecule has 1 amide bonds. The highest BCUT2D eigenvalue weighted by Gasteiger charge is 2.27. The fourth-order valence-electron chi connectivity index (χ4n) is 6.22. The smallest absolute Gasteiger partial charge is 0.387 e. The lowest BCUT2D eigenvalue weighted by atomic mass is 10.1. The van der Waals surface area contributed by atoms with Gasteiger partial charge in [-0.15, -0.1) is 0 Å². The van der Waals surface area contributed by atoms with Crippen molar-refractivity contribution in [3.63, 3.8) is 0 Å². The molecule has 3 atom stereocenters.